The largest absolute Gasteiger partial charge is 0.378 e. The number of benzene rings is 1. The molecule has 3 heterocycles. The molecule has 2 fully saturated rings. The first kappa shape index (κ1) is 19.4. The Kier molecular flexibility index (Phi) is 5.11. The van der Waals surface area contributed by atoms with Gasteiger partial charge in [0.05, 0.1) is 19.3 Å². The molecule has 1 amide bonds. The molecule has 1 saturated carbocycles. The van der Waals surface area contributed by atoms with E-state index in [1.165, 1.54) is 24.1 Å². The van der Waals surface area contributed by atoms with Crippen LogP contribution < -0.4 is 15.1 Å². The lowest BCUT2D eigenvalue weighted by Crippen LogP contribution is -2.51. The molecule has 0 radical (unpaired) electrons. The van der Waals surface area contributed by atoms with E-state index in [0.29, 0.717) is 5.92 Å². The van der Waals surface area contributed by atoms with Gasteiger partial charge in [-0.1, -0.05) is 13.0 Å². The van der Waals surface area contributed by atoms with Crippen LogP contribution in [0.2, 0.25) is 0 Å². The third-order valence-electron chi connectivity index (χ3n) is 6.76. The highest BCUT2D eigenvalue weighted by atomic mass is 16.5. The smallest absolute Gasteiger partial charge is 0.224 e. The Labute approximate surface area is 178 Å². The van der Waals surface area contributed by atoms with Crippen molar-refractivity contribution in [2.75, 3.05) is 41.4 Å². The Hall–Kier alpha value is -2.60. The fourth-order valence-electron chi connectivity index (χ4n) is 5.18. The molecule has 0 bridgehead atoms. The van der Waals surface area contributed by atoms with Crippen molar-refractivity contribution >= 4 is 23.1 Å². The van der Waals surface area contributed by atoms with Gasteiger partial charge in [-0.15, -0.1) is 0 Å². The highest BCUT2D eigenvalue weighted by molar-refractivity contribution is 5.94. The van der Waals surface area contributed by atoms with Gasteiger partial charge in [0, 0.05) is 55.1 Å². The number of anilines is 3. The predicted molar refractivity (Wildman–Crippen MR) is 119 cm³/mol. The lowest BCUT2D eigenvalue weighted by Gasteiger charge is -2.46. The average molecular weight is 407 g/mol. The molecular weight excluding hydrogens is 376 g/mol. The van der Waals surface area contributed by atoms with Crippen molar-refractivity contribution in [3.8, 4) is 0 Å². The second-order valence-corrected chi connectivity index (χ2v) is 8.76. The quantitative estimate of drug-likeness (QED) is 0.836. The molecule has 2 aliphatic heterocycles. The van der Waals surface area contributed by atoms with Crippen LogP contribution in [0.3, 0.4) is 0 Å². The fraction of sp³-hybridized carbons (Fsp3) is 0.500. The Balaban J connectivity index is 1.58. The summed E-state index contributed by atoms with van der Waals surface area (Å²) >= 11 is 0. The van der Waals surface area contributed by atoms with Crippen LogP contribution in [0, 0.1) is 11.8 Å². The maximum atomic E-state index is 12.8. The molecule has 1 N–H and O–H groups in total. The van der Waals surface area contributed by atoms with Gasteiger partial charge in [0.15, 0.2) is 0 Å². The molecular formula is C24H30N4O2. The van der Waals surface area contributed by atoms with Crippen LogP contribution in [0.5, 0.6) is 0 Å². The van der Waals surface area contributed by atoms with E-state index in [-0.39, 0.29) is 23.9 Å². The third-order valence-corrected chi connectivity index (χ3v) is 6.76. The molecule has 158 valence electrons. The zero-order valence-electron chi connectivity index (χ0n) is 17.8. The molecule has 3 atom stereocenters. The van der Waals surface area contributed by atoms with Crippen molar-refractivity contribution in [2.24, 2.45) is 11.8 Å². The highest BCUT2D eigenvalue weighted by Crippen LogP contribution is 2.50. The number of nitrogens with one attached hydrogen (secondary N) is 1. The number of rotatable bonds is 4. The van der Waals surface area contributed by atoms with E-state index in [0.717, 1.165) is 37.8 Å². The van der Waals surface area contributed by atoms with Gasteiger partial charge in [-0.25, -0.2) is 4.98 Å². The number of carbonyl (C=O) groups is 1. The Bertz CT molecular complexity index is 909. The number of morpholine rings is 1. The second kappa shape index (κ2) is 7.91. The van der Waals surface area contributed by atoms with Crippen molar-refractivity contribution in [3.63, 3.8) is 0 Å². The Morgan fingerprint density at radius 2 is 1.97 bits per heavy atom. The lowest BCUT2D eigenvalue weighted by atomic mass is 9.79. The summed E-state index contributed by atoms with van der Waals surface area (Å²) < 4.78 is 5.53. The summed E-state index contributed by atoms with van der Waals surface area (Å²) in [6.45, 7) is 7.29. The van der Waals surface area contributed by atoms with Crippen molar-refractivity contribution < 1.29 is 9.53 Å². The summed E-state index contributed by atoms with van der Waals surface area (Å²) in [6.07, 6.45) is 4.23. The summed E-state index contributed by atoms with van der Waals surface area (Å²) in [5, 5.41) is 3.70. The number of aromatic nitrogens is 1. The van der Waals surface area contributed by atoms with E-state index >= 15 is 0 Å². The van der Waals surface area contributed by atoms with E-state index in [1.54, 1.807) is 6.92 Å². The number of pyridine rings is 1. The first-order valence-corrected chi connectivity index (χ1v) is 11.1. The first-order valence-electron chi connectivity index (χ1n) is 11.1. The molecule has 1 aromatic carbocycles. The second-order valence-electron chi connectivity index (χ2n) is 8.76. The number of fused-ring (bicyclic) bond motifs is 1. The first-order chi connectivity index (χ1) is 14.6. The Morgan fingerprint density at radius 3 is 2.63 bits per heavy atom. The van der Waals surface area contributed by atoms with Gasteiger partial charge in [-0.05, 0) is 49.1 Å². The molecule has 2 aromatic rings. The minimum absolute atomic E-state index is 0.108. The van der Waals surface area contributed by atoms with Crippen LogP contribution in [-0.4, -0.2) is 43.2 Å². The summed E-state index contributed by atoms with van der Waals surface area (Å²) in [7, 11) is 0. The standard InChI is InChI=1S/C24H30N4O2/c1-16-23(26-22-5-3-4-10-25-22)20-15-19(27-11-13-30-14-12-27)8-9-21(20)28(17(2)29)24(16)18-6-7-18/h3-5,8-10,15-16,18,23-24H,6-7,11-14H2,1-2H3,(H,25,26). The van der Waals surface area contributed by atoms with Gasteiger partial charge in [0.25, 0.3) is 0 Å². The monoisotopic (exact) mass is 406 g/mol. The topological polar surface area (TPSA) is 57.7 Å². The van der Waals surface area contributed by atoms with Gasteiger partial charge in [0.1, 0.15) is 5.82 Å². The minimum atomic E-state index is 0.108. The third kappa shape index (κ3) is 3.54. The molecule has 3 aliphatic rings. The van der Waals surface area contributed by atoms with Gasteiger partial charge < -0.3 is 19.9 Å². The normalized spacial score (nSPS) is 26.3. The molecule has 6 nitrogen and oxygen atoms in total. The summed E-state index contributed by atoms with van der Waals surface area (Å²) in [6, 6.07) is 12.9. The van der Waals surface area contributed by atoms with Gasteiger partial charge in [0.2, 0.25) is 5.91 Å². The predicted octanol–water partition coefficient (Wildman–Crippen LogP) is 3.85. The highest BCUT2D eigenvalue weighted by Gasteiger charge is 2.47. The number of amides is 1. The molecule has 6 heteroatoms. The van der Waals surface area contributed by atoms with E-state index < -0.39 is 0 Å². The Morgan fingerprint density at radius 1 is 1.17 bits per heavy atom. The van der Waals surface area contributed by atoms with Crippen LogP contribution in [0.1, 0.15) is 38.3 Å². The molecule has 30 heavy (non-hydrogen) atoms. The molecule has 5 rings (SSSR count). The van der Waals surface area contributed by atoms with Crippen LogP contribution in [0.4, 0.5) is 17.2 Å². The van der Waals surface area contributed by atoms with E-state index in [4.69, 9.17) is 4.74 Å². The average Bonchev–Trinajstić information content (AvgIpc) is 3.61. The zero-order chi connectivity index (χ0) is 20.7. The van der Waals surface area contributed by atoms with Crippen molar-refractivity contribution in [1.29, 1.82) is 0 Å². The minimum Gasteiger partial charge on any atom is -0.378 e. The fourth-order valence-corrected chi connectivity index (χ4v) is 5.18. The maximum Gasteiger partial charge on any atom is 0.224 e. The number of nitrogens with zero attached hydrogens (tertiary/aromatic N) is 3. The molecule has 1 aromatic heterocycles. The zero-order valence-corrected chi connectivity index (χ0v) is 17.8. The van der Waals surface area contributed by atoms with E-state index in [9.17, 15) is 4.79 Å². The molecule has 1 aliphatic carbocycles. The number of ether oxygens (including phenoxy) is 1. The van der Waals surface area contributed by atoms with Crippen LogP contribution in [0.15, 0.2) is 42.6 Å². The van der Waals surface area contributed by atoms with Gasteiger partial charge in [-0.3, -0.25) is 4.79 Å². The molecule has 1 saturated heterocycles. The van der Waals surface area contributed by atoms with Crippen molar-refractivity contribution in [3.05, 3.63) is 48.2 Å². The van der Waals surface area contributed by atoms with Crippen molar-refractivity contribution in [1.82, 2.24) is 4.98 Å². The van der Waals surface area contributed by atoms with Crippen LogP contribution in [-0.2, 0) is 9.53 Å². The molecule has 3 unspecified atom stereocenters. The number of carbonyl (C=O) groups excluding carboxylic acids is 1. The summed E-state index contributed by atoms with van der Waals surface area (Å²) in [5.41, 5.74) is 3.43. The maximum absolute atomic E-state index is 12.8. The summed E-state index contributed by atoms with van der Waals surface area (Å²) in [5.74, 6) is 1.89. The van der Waals surface area contributed by atoms with Gasteiger partial charge >= 0.3 is 0 Å². The number of hydrogen-bond donors (Lipinski definition) is 1. The van der Waals surface area contributed by atoms with Crippen LogP contribution >= 0.6 is 0 Å². The SMILES string of the molecule is CC(=O)N1c2ccc(N3CCOCC3)cc2C(Nc2ccccn2)C(C)C1C1CC1. The van der Waals surface area contributed by atoms with Crippen LogP contribution in [0.25, 0.3) is 0 Å². The van der Waals surface area contributed by atoms with E-state index in [1.807, 2.05) is 24.4 Å². The lowest BCUT2D eigenvalue weighted by molar-refractivity contribution is -0.117. The van der Waals surface area contributed by atoms with Gasteiger partial charge in [-0.2, -0.15) is 0 Å². The number of hydrogen-bond acceptors (Lipinski definition) is 5. The van der Waals surface area contributed by atoms with Crippen molar-refractivity contribution in [2.45, 2.75) is 38.8 Å². The van der Waals surface area contributed by atoms with E-state index in [2.05, 4.69) is 45.2 Å². The molecule has 0 spiro atoms. The summed E-state index contributed by atoms with van der Waals surface area (Å²) in [4.78, 5) is 21.7.